The molecule has 0 saturated heterocycles. The SMILES string of the molecule is COCCOC(=O)c1cc(S(N)(=O)=O)c(Cl)cc1NCc1ccco1. The number of sulfonamides is 1. The van der Waals surface area contributed by atoms with Gasteiger partial charge in [-0.1, -0.05) is 11.6 Å². The number of nitrogens with one attached hydrogen (secondary N) is 1. The molecule has 0 atom stereocenters. The molecule has 0 aliphatic rings. The van der Waals surface area contributed by atoms with Crippen molar-refractivity contribution in [3.05, 3.63) is 46.9 Å². The number of benzene rings is 1. The summed E-state index contributed by atoms with van der Waals surface area (Å²) in [5.41, 5.74) is 0.271. The summed E-state index contributed by atoms with van der Waals surface area (Å²) in [6.45, 7) is 0.479. The van der Waals surface area contributed by atoms with E-state index in [0.29, 0.717) is 5.76 Å². The standard InChI is InChI=1S/C15H17ClN2O6S/c1-22-5-6-24-15(19)11-7-14(25(17,20)21)12(16)8-13(11)18-9-10-3-2-4-23-10/h2-4,7-8,18H,5-6,9H2,1H3,(H2,17,20,21). The van der Waals surface area contributed by atoms with Gasteiger partial charge < -0.3 is 19.2 Å². The zero-order chi connectivity index (χ0) is 18.4. The van der Waals surface area contributed by atoms with Crippen molar-refractivity contribution in [1.82, 2.24) is 0 Å². The molecular weight excluding hydrogens is 372 g/mol. The molecule has 10 heteroatoms. The minimum Gasteiger partial charge on any atom is -0.467 e. The fraction of sp³-hybridized carbons (Fsp3) is 0.267. The van der Waals surface area contributed by atoms with Crippen LogP contribution in [0, 0.1) is 0 Å². The molecule has 0 aliphatic carbocycles. The predicted molar refractivity (Wildman–Crippen MR) is 91.0 cm³/mol. The van der Waals surface area contributed by atoms with Gasteiger partial charge in [-0.05, 0) is 24.3 Å². The Kier molecular flexibility index (Phi) is 6.43. The molecule has 25 heavy (non-hydrogen) atoms. The molecule has 1 heterocycles. The molecule has 0 aliphatic heterocycles. The maximum absolute atomic E-state index is 12.3. The number of esters is 1. The third kappa shape index (κ3) is 5.20. The highest BCUT2D eigenvalue weighted by molar-refractivity contribution is 7.89. The van der Waals surface area contributed by atoms with Crippen molar-refractivity contribution in [2.75, 3.05) is 25.6 Å². The van der Waals surface area contributed by atoms with E-state index in [0.717, 1.165) is 6.07 Å². The van der Waals surface area contributed by atoms with Gasteiger partial charge in [-0.3, -0.25) is 0 Å². The summed E-state index contributed by atoms with van der Waals surface area (Å²) in [6, 6.07) is 5.84. The number of methoxy groups -OCH3 is 1. The van der Waals surface area contributed by atoms with Gasteiger partial charge in [0.1, 0.15) is 17.3 Å². The smallest absolute Gasteiger partial charge is 0.340 e. The average molecular weight is 389 g/mol. The largest absolute Gasteiger partial charge is 0.467 e. The van der Waals surface area contributed by atoms with Crippen molar-refractivity contribution in [3.8, 4) is 0 Å². The summed E-state index contributed by atoms with van der Waals surface area (Å²) >= 11 is 5.98. The molecule has 0 unspecified atom stereocenters. The van der Waals surface area contributed by atoms with Crippen LogP contribution in [0.4, 0.5) is 5.69 Å². The summed E-state index contributed by atoms with van der Waals surface area (Å²) in [4.78, 5) is 11.9. The number of carbonyl (C=O) groups is 1. The molecule has 0 radical (unpaired) electrons. The summed E-state index contributed by atoms with van der Waals surface area (Å²) in [5.74, 6) is -0.120. The molecule has 3 N–H and O–H groups in total. The molecule has 8 nitrogen and oxygen atoms in total. The molecule has 1 aromatic carbocycles. The van der Waals surface area contributed by atoms with Gasteiger partial charge in [-0.25, -0.2) is 18.4 Å². The number of hydrogen-bond donors (Lipinski definition) is 2. The van der Waals surface area contributed by atoms with Gasteiger partial charge in [0, 0.05) is 7.11 Å². The topological polar surface area (TPSA) is 121 Å². The number of nitrogens with two attached hydrogens (primary N) is 1. The molecule has 0 fully saturated rings. The van der Waals surface area contributed by atoms with Crippen molar-refractivity contribution in [2.24, 2.45) is 5.14 Å². The number of ether oxygens (including phenoxy) is 2. The highest BCUT2D eigenvalue weighted by Crippen LogP contribution is 2.29. The summed E-state index contributed by atoms with van der Waals surface area (Å²) < 4.78 is 38.3. The molecule has 0 bridgehead atoms. The maximum atomic E-state index is 12.3. The lowest BCUT2D eigenvalue weighted by molar-refractivity contribution is 0.0389. The van der Waals surface area contributed by atoms with Gasteiger partial charge in [0.05, 0.1) is 35.7 Å². The van der Waals surface area contributed by atoms with E-state index in [4.69, 9.17) is 30.6 Å². The van der Waals surface area contributed by atoms with E-state index in [1.807, 2.05) is 0 Å². The van der Waals surface area contributed by atoms with E-state index < -0.39 is 16.0 Å². The summed E-state index contributed by atoms with van der Waals surface area (Å²) in [5, 5.41) is 7.98. The molecule has 136 valence electrons. The quantitative estimate of drug-likeness (QED) is 0.524. The van der Waals surface area contributed by atoms with Gasteiger partial charge in [0.15, 0.2) is 0 Å². The predicted octanol–water partition coefficient (Wildman–Crippen LogP) is 2.00. The van der Waals surface area contributed by atoms with Crippen LogP contribution in [0.15, 0.2) is 39.8 Å². The molecule has 2 rings (SSSR count). The first-order valence-corrected chi connectivity index (χ1v) is 9.04. The molecule has 1 aromatic heterocycles. The van der Waals surface area contributed by atoms with Crippen LogP contribution in [0.2, 0.25) is 5.02 Å². The lowest BCUT2D eigenvalue weighted by atomic mass is 10.1. The van der Waals surface area contributed by atoms with E-state index in [2.05, 4.69) is 5.32 Å². The first-order valence-electron chi connectivity index (χ1n) is 7.11. The maximum Gasteiger partial charge on any atom is 0.340 e. The van der Waals surface area contributed by atoms with E-state index >= 15 is 0 Å². The second kappa shape index (κ2) is 8.34. The lowest BCUT2D eigenvalue weighted by Gasteiger charge is -2.14. The van der Waals surface area contributed by atoms with Crippen LogP contribution in [-0.2, 0) is 26.0 Å². The Bertz CT molecular complexity index is 836. The van der Waals surface area contributed by atoms with Gasteiger partial charge >= 0.3 is 5.97 Å². The Morgan fingerprint density at radius 1 is 1.36 bits per heavy atom. The average Bonchev–Trinajstić information content (AvgIpc) is 3.05. The number of carbonyl (C=O) groups excluding carboxylic acids is 1. The second-order valence-electron chi connectivity index (χ2n) is 4.93. The van der Waals surface area contributed by atoms with Crippen LogP contribution in [0.5, 0.6) is 0 Å². The summed E-state index contributed by atoms with van der Waals surface area (Å²) in [6.07, 6.45) is 1.51. The van der Waals surface area contributed by atoms with E-state index in [-0.39, 0.29) is 40.9 Å². The Balaban J connectivity index is 2.34. The zero-order valence-corrected chi connectivity index (χ0v) is 14.9. The van der Waals surface area contributed by atoms with Crippen molar-refractivity contribution >= 4 is 33.3 Å². The molecule has 0 spiro atoms. The Morgan fingerprint density at radius 3 is 2.72 bits per heavy atom. The third-order valence-electron chi connectivity index (χ3n) is 3.15. The van der Waals surface area contributed by atoms with Gasteiger partial charge in [0.2, 0.25) is 10.0 Å². The van der Waals surface area contributed by atoms with E-state index in [1.54, 1.807) is 12.1 Å². The van der Waals surface area contributed by atoms with Crippen molar-refractivity contribution in [2.45, 2.75) is 11.4 Å². The monoisotopic (exact) mass is 388 g/mol. The number of anilines is 1. The third-order valence-corrected chi connectivity index (χ3v) is 4.53. The number of rotatable bonds is 8. The van der Waals surface area contributed by atoms with Crippen LogP contribution in [-0.4, -0.2) is 34.7 Å². The first kappa shape index (κ1) is 19.3. The first-order chi connectivity index (χ1) is 11.8. The van der Waals surface area contributed by atoms with E-state index in [9.17, 15) is 13.2 Å². The normalized spacial score (nSPS) is 11.3. The van der Waals surface area contributed by atoms with Crippen molar-refractivity contribution in [3.63, 3.8) is 0 Å². The summed E-state index contributed by atoms with van der Waals surface area (Å²) in [7, 11) is -2.64. The zero-order valence-electron chi connectivity index (χ0n) is 13.3. The molecule has 2 aromatic rings. The molecule has 0 amide bonds. The Labute approximate surface area is 149 Å². The van der Waals surface area contributed by atoms with Crippen LogP contribution < -0.4 is 10.5 Å². The van der Waals surface area contributed by atoms with Gasteiger partial charge in [-0.2, -0.15) is 0 Å². The fourth-order valence-electron chi connectivity index (χ4n) is 1.98. The van der Waals surface area contributed by atoms with E-state index in [1.165, 1.54) is 19.4 Å². The minimum atomic E-state index is -4.10. The highest BCUT2D eigenvalue weighted by atomic mass is 35.5. The Morgan fingerprint density at radius 2 is 2.12 bits per heavy atom. The molecular formula is C15H17ClN2O6S. The van der Waals surface area contributed by atoms with Crippen LogP contribution in [0.1, 0.15) is 16.1 Å². The molecule has 0 saturated carbocycles. The number of furan rings is 1. The number of primary sulfonamides is 1. The number of halogens is 1. The van der Waals surface area contributed by atoms with Crippen LogP contribution in [0.3, 0.4) is 0 Å². The van der Waals surface area contributed by atoms with Crippen molar-refractivity contribution in [1.29, 1.82) is 0 Å². The minimum absolute atomic E-state index is 0.0142. The second-order valence-corrected chi connectivity index (χ2v) is 6.87. The van der Waals surface area contributed by atoms with Gasteiger partial charge in [-0.15, -0.1) is 0 Å². The fourth-order valence-corrected chi connectivity index (χ4v) is 3.08. The van der Waals surface area contributed by atoms with Crippen LogP contribution >= 0.6 is 11.6 Å². The lowest BCUT2D eigenvalue weighted by Crippen LogP contribution is -2.17. The number of hydrogen-bond acceptors (Lipinski definition) is 7. The van der Waals surface area contributed by atoms with Gasteiger partial charge in [0.25, 0.3) is 0 Å². The van der Waals surface area contributed by atoms with Crippen LogP contribution in [0.25, 0.3) is 0 Å². The highest BCUT2D eigenvalue weighted by Gasteiger charge is 2.21. The van der Waals surface area contributed by atoms with Crippen molar-refractivity contribution < 1.29 is 27.1 Å². The Hall–Kier alpha value is -2.07.